The van der Waals surface area contributed by atoms with Crippen molar-refractivity contribution < 1.29 is 14.6 Å². The smallest absolute Gasteiger partial charge is 0.311 e. The number of carboxylic acids is 1. The quantitative estimate of drug-likeness (QED) is 0.597. The molecule has 88 valence electrons. The molecule has 15 heavy (non-hydrogen) atoms. The molecule has 1 atom stereocenters. The molecule has 0 heterocycles. The standard InChI is InChI=1S/C11H21NO3/c1-2-15-7-3-6-11(8-12,10(13)14)9-4-5-9/h9H,2-8,12H2,1H3,(H,13,14). The van der Waals surface area contributed by atoms with Crippen LogP contribution in [0.5, 0.6) is 0 Å². The van der Waals surface area contributed by atoms with Gasteiger partial charge in [-0.1, -0.05) is 0 Å². The lowest BCUT2D eigenvalue weighted by Crippen LogP contribution is -2.40. The molecule has 1 unspecified atom stereocenters. The molecular weight excluding hydrogens is 194 g/mol. The van der Waals surface area contributed by atoms with Gasteiger partial charge in [-0.2, -0.15) is 0 Å². The van der Waals surface area contributed by atoms with Crippen molar-refractivity contribution in [2.75, 3.05) is 19.8 Å². The Bertz CT molecular complexity index is 216. The van der Waals surface area contributed by atoms with E-state index in [1.54, 1.807) is 0 Å². The Hall–Kier alpha value is -0.610. The lowest BCUT2D eigenvalue weighted by Gasteiger charge is -2.27. The number of hydrogen-bond donors (Lipinski definition) is 2. The molecule has 0 saturated heterocycles. The van der Waals surface area contributed by atoms with E-state index in [0.717, 1.165) is 19.3 Å². The SMILES string of the molecule is CCOCCCC(CN)(C(=O)O)C1CC1. The van der Waals surface area contributed by atoms with Gasteiger partial charge in [-0.15, -0.1) is 0 Å². The van der Waals surface area contributed by atoms with Gasteiger partial charge in [0.05, 0.1) is 5.41 Å². The van der Waals surface area contributed by atoms with Crippen molar-refractivity contribution in [2.45, 2.75) is 32.6 Å². The largest absolute Gasteiger partial charge is 0.481 e. The number of rotatable bonds is 8. The highest BCUT2D eigenvalue weighted by atomic mass is 16.5. The van der Waals surface area contributed by atoms with Crippen molar-refractivity contribution in [2.24, 2.45) is 17.1 Å². The maximum Gasteiger partial charge on any atom is 0.311 e. The fourth-order valence-corrected chi connectivity index (χ4v) is 2.11. The Morgan fingerprint density at radius 2 is 2.27 bits per heavy atom. The predicted molar refractivity (Wildman–Crippen MR) is 57.6 cm³/mol. The Morgan fingerprint density at radius 3 is 2.67 bits per heavy atom. The van der Waals surface area contributed by atoms with Crippen molar-refractivity contribution in [3.05, 3.63) is 0 Å². The van der Waals surface area contributed by atoms with Crippen LogP contribution in [0.2, 0.25) is 0 Å². The normalized spacial score (nSPS) is 19.9. The van der Waals surface area contributed by atoms with Crippen molar-refractivity contribution in [3.8, 4) is 0 Å². The average Bonchev–Trinajstić information content (AvgIpc) is 3.02. The molecule has 0 bridgehead atoms. The van der Waals surface area contributed by atoms with E-state index < -0.39 is 11.4 Å². The molecule has 1 rings (SSSR count). The van der Waals surface area contributed by atoms with Crippen molar-refractivity contribution in [1.29, 1.82) is 0 Å². The molecule has 1 aliphatic carbocycles. The van der Waals surface area contributed by atoms with Gasteiger partial charge in [0.2, 0.25) is 0 Å². The summed E-state index contributed by atoms with van der Waals surface area (Å²) in [6, 6.07) is 0. The van der Waals surface area contributed by atoms with E-state index in [1.165, 1.54) is 0 Å². The summed E-state index contributed by atoms with van der Waals surface area (Å²) in [7, 11) is 0. The van der Waals surface area contributed by atoms with Crippen LogP contribution in [0.15, 0.2) is 0 Å². The lowest BCUT2D eigenvalue weighted by molar-refractivity contribution is -0.150. The summed E-state index contributed by atoms with van der Waals surface area (Å²) in [5.74, 6) is -0.439. The van der Waals surface area contributed by atoms with E-state index in [4.69, 9.17) is 10.5 Å². The van der Waals surface area contributed by atoms with E-state index in [0.29, 0.717) is 25.6 Å². The van der Waals surface area contributed by atoms with E-state index in [2.05, 4.69) is 0 Å². The minimum Gasteiger partial charge on any atom is -0.481 e. The zero-order chi connectivity index (χ0) is 11.3. The molecule has 4 heteroatoms. The van der Waals surface area contributed by atoms with Crippen molar-refractivity contribution in [1.82, 2.24) is 0 Å². The van der Waals surface area contributed by atoms with E-state index in [1.807, 2.05) is 6.92 Å². The predicted octanol–water partition coefficient (Wildman–Crippen LogP) is 1.24. The van der Waals surface area contributed by atoms with E-state index in [-0.39, 0.29) is 6.54 Å². The van der Waals surface area contributed by atoms with Gasteiger partial charge in [-0.25, -0.2) is 0 Å². The van der Waals surface area contributed by atoms with Gasteiger partial charge < -0.3 is 15.6 Å². The number of carbonyl (C=O) groups is 1. The molecule has 0 radical (unpaired) electrons. The first-order valence-electron chi connectivity index (χ1n) is 5.68. The van der Waals surface area contributed by atoms with Crippen LogP contribution in [0.3, 0.4) is 0 Å². The number of ether oxygens (including phenoxy) is 1. The molecule has 0 amide bonds. The van der Waals surface area contributed by atoms with Crippen LogP contribution in [0.1, 0.15) is 32.6 Å². The minimum absolute atomic E-state index is 0.249. The Morgan fingerprint density at radius 1 is 1.60 bits per heavy atom. The highest BCUT2D eigenvalue weighted by Gasteiger charge is 2.49. The second kappa shape index (κ2) is 5.47. The summed E-state index contributed by atoms with van der Waals surface area (Å²) >= 11 is 0. The molecule has 4 nitrogen and oxygen atoms in total. The van der Waals surface area contributed by atoms with E-state index in [9.17, 15) is 9.90 Å². The zero-order valence-corrected chi connectivity index (χ0v) is 9.37. The molecule has 1 aliphatic rings. The molecular formula is C11H21NO3. The topological polar surface area (TPSA) is 72.5 Å². The van der Waals surface area contributed by atoms with Gasteiger partial charge in [0.15, 0.2) is 0 Å². The summed E-state index contributed by atoms with van der Waals surface area (Å²) in [4.78, 5) is 11.3. The molecule has 0 aromatic rings. The van der Waals surface area contributed by atoms with Crippen molar-refractivity contribution >= 4 is 5.97 Å². The second-order valence-corrected chi connectivity index (χ2v) is 4.24. The van der Waals surface area contributed by atoms with Gasteiger partial charge in [-0.05, 0) is 38.5 Å². The summed E-state index contributed by atoms with van der Waals surface area (Å²) in [6.07, 6.45) is 3.45. The first-order valence-corrected chi connectivity index (χ1v) is 5.68. The third kappa shape index (κ3) is 2.92. The van der Waals surface area contributed by atoms with Gasteiger partial charge >= 0.3 is 5.97 Å². The fourth-order valence-electron chi connectivity index (χ4n) is 2.11. The number of hydrogen-bond acceptors (Lipinski definition) is 3. The van der Waals surface area contributed by atoms with Crippen LogP contribution >= 0.6 is 0 Å². The average molecular weight is 215 g/mol. The van der Waals surface area contributed by atoms with E-state index >= 15 is 0 Å². The first kappa shape index (κ1) is 12.5. The molecule has 0 aliphatic heterocycles. The van der Waals surface area contributed by atoms with Crippen LogP contribution in [-0.4, -0.2) is 30.8 Å². The van der Waals surface area contributed by atoms with Gasteiger partial charge in [-0.3, -0.25) is 4.79 Å². The summed E-state index contributed by atoms with van der Waals surface area (Å²) < 4.78 is 5.22. The monoisotopic (exact) mass is 215 g/mol. The Labute approximate surface area is 90.8 Å². The van der Waals surface area contributed by atoms with Gasteiger partial charge in [0.1, 0.15) is 0 Å². The molecule has 1 saturated carbocycles. The van der Waals surface area contributed by atoms with Crippen LogP contribution in [0.25, 0.3) is 0 Å². The van der Waals surface area contributed by atoms with Crippen LogP contribution in [0, 0.1) is 11.3 Å². The molecule has 1 fully saturated rings. The van der Waals surface area contributed by atoms with Crippen LogP contribution in [-0.2, 0) is 9.53 Å². The maximum atomic E-state index is 11.3. The van der Waals surface area contributed by atoms with Crippen LogP contribution in [0.4, 0.5) is 0 Å². The number of aliphatic carboxylic acids is 1. The number of carboxylic acid groups (broad SMARTS) is 1. The first-order chi connectivity index (χ1) is 7.17. The molecule has 3 N–H and O–H groups in total. The third-order valence-corrected chi connectivity index (χ3v) is 3.26. The number of nitrogens with two attached hydrogens (primary N) is 1. The highest BCUT2D eigenvalue weighted by Crippen LogP contribution is 2.48. The second-order valence-electron chi connectivity index (χ2n) is 4.24. The van der Waals surface area contributed by atoms with Crippen molar-refractivity contribution in [3.63, 3.8) is 0 Å². The zero-order valence-electron chi connectivity index (χ0n) is 9.37. The van der Waals surface area contributed by atoms with Crippen LogP contribution < -0.4 is 5.73 Å². The molecule has 0 spiro atoms. The molecule has 0 aromatic carbocycles. The summed E-state index contributed by atoms with van der Waals surface area (Å²) in [5.41, 5.74) is 4.96. The molecule has 0 aromatic heterocycles. The Balaban J connectivity index is 2.44. The fraction of sp³-hybridized carbons (Fsp3) is 0.909. The third-order valence-electron chi connectivity index (χ3n) is 3.26. The minimum atomic E-state index is -0.732. The summed E-state index contributed by atoms with van der Waals surface area (Å²) in [6.45, 7) is 3.51. The Kier molecular flexibility index (Phi) is 4.54. The lowest BCUT2D eigenvalue weighted by atomic mass is 9.78. The van der Waals surface area contributed by atoms with Gasteiger partial charge in [0, 0.05) is 19.8 Å². The maximum absolute atomic E-state index is 11.3. The summed E-state index contributed by atoms with van der Waals surface area (Å²) in [5, 5.41) is 9.27. The highest BCUT2D eigenvalue weighted by molar-refractivity contribution is 5.75. The van der Waals surface area contributed by atoms with Gasteiger partial charge in [0.25, 0.3) is 0 Å².